The van der Waals surface area contributed by atoms with E-state index in [4.69, 9.17) is 0 Å². The van der Waals surface area contributed by atoms with Gasteiger partial charge in [0.05, 0.1) is 0 Å². The van der Waals surface area contributed by atoms with E-state index >= 15 is 0 Å². The lowest BCUT2D eigenvalue weighted by atomic mass is 9.49. The molecule has 6 rings (SSSR count). The molecule has 1 aliphatic heterocycles. The van der Waals surface area contributed by atoms with Crippen molar-refractivity contribution in [1.82, 2.24) is 15.2 Å². The Bertz CT molecular complexity index is 737. The summed E-state index contributed by atoms with van der Waals surface area (Å²) in [6.07, 6.45) is 12.3. The van der Waals surface area contributed by atoms with Gasteiger partial charge in [-0.05, 0) is 74.8 Å². The van der Waals surface area contributed by atoms with Gasteiger partial charge in [-0.2, -0.15) is 0 Å². The van der Waals surface area contributed by atoms with Crippen molar-refractivity contribution >= 4 is 17.5 Å². The molecule has 2 heterocycles. The Morgan fingerprint density at radius 2 is 1.57 bits per heavy atom. The maximum Gasteiger partial charge on any atom is 0.226 e. The summed E-state index contributed by atoms with van der Waals surface area (Å²) in [5.41, 5.74) is 1.09. The molecule has 4 saturated carbocycles. The van der Waals surface area contributed by atoms with Gasteiger partial charge in [-0.15, -0.1) is 0 Å². The minimum absolute atomic E-state index is 0.0813. The Labute approximate surface area is 179 Å². The van der Waals surface area contributed by atoms with Crippen LogP contribution in [0, 0.1) is 23.2 Å². The van der Waals surface area contributed by atoms with Gasteiger partial charge < -0.3 is 15.1 Å². The SMILES string of the molecule is O=C(CCCNC(=O)C12CC3CC(CC(C3)C1)C2)N1CCN(c2ccncc2)CC1. The summed E-state index contributed by atoms with van der Waals surface area (Å²) >= 11 is 0. The molecule has 1 aromatic heterocycles. The van der Waals surface area contributed by atoms with Crippen molar-refractivity contribution in [2.45, 2.75) is 51.4 Å². The monoisotopic (exact) mass is 410 g/mol. The molecule has 4 aliphatic carbocycles. The van der Waals surface area contributed by atoms with Crippen LogP contribution in [0.4, 0.5) is 5.69 Å². The first-order chi connectivity index (χ1) is 14.6. The first-order valence-corrected chi connectivity index (χ1v) is 11.8. The van der Waals surface area contributed by atoms with E-state index in [0.717, 1.165) is 69.6 Å². The molecule has 6 nitrogen and oxygen atoms in total. The topological polar surface area (TPSA) is 65.5 Å². The predicted octanol–water partition coefficient (Wildman–Crippen LogP) is 2.84. The van der Waals surface area contributed by atoms with E-state index in [0.29, 0.717) is 13.0 Å². The molecular weight excluding hydrogens is 376 g/mol. The molecule has 30 heavy (non-hydrogen) atoms. The summed E-state index contributed by atoms with van der Waals surface area (Å²) in [5.74, 6) is 2.85. The van der Waals surface area contributed by atoms with Gasteiger partial charge >= 0.3 is 0 Å². The highest BCUT2D eigenvalue weighted by atomic mass is 16.2. The number of nitrogens with zero attached hydrogens (tertiary/aromatic N) is 3. The number of carbonyl (C=O) groups excluding carboxylic acids is 2. The van der Waals surface area contributed by atoms with Crippen LogP contribution in [0.2, 0.25) is 0 Å². The summed E-state index contributed by atoms with van der Waals surface area (Å²) < 4.78 is 0. The second kappa shape index (κ2) is 8.20. The maximum atomic E-state index is 13.0. The van der Waals surface area contributed by atoms with Crippen molar-refractivity contribution in [1.29, 1.82) is 0 Å². The van der Waals surface area contributed by atoms with Crippen molar-refractivity contribution in [3.8, 4) is 0 Å². The largest absolute Gasteiger partial charge is 0.368 e. The standard InChI is InChI=1S/C24H34N4O2/c29-22(28-10-8-27(9-11-28)21-3-6-25-7-4-21)2-1-5-26-23(30)24-15-18-12-19(16-24)14-20(13-18)17-24/h3-4,6-7,18-20H,1-2,5,8-17H2,(H,26,30). The maximum absolute atomic E-state index is 13.0. The summed E-state index contributed by atoms with van der Waals surface area (Å²) in [5, 5.41) is 3.20. The number of piperazine rings is 1. The van der Waals surface area contributed by atoms with Crippen LogP contribution in [0.5, 0.6) is 0 Å². The van der Waals surface area contributed by atoms with Crippen LogP contribution >= 0.6 is 0 Å². The predicted molar refractivity (Wildman–Crippen MR) is 116 cm³/mol. The third-order valence-corrected chi connectivity index (χ3v) is 8.03. The van der Waals surface area contributed by atoms with Gasteiger partial charge in [0.15, 0.2) is 0 Å². The fraction of sp³-hybridized carbons (Fsp3) is 0.708. The zero-order chi connectivity index (χ0) is 20.6. The van der Waals surface area contributed by atoms with E-state index < -0.39 is 0 Å². The zero-order valence-corrected chi connectivity index (χ0v) is 17.9. The molecule has 0 radical (unpaired) electrons. The molecule has 2 amide bonds. The van der Waals surface area contributed by atoms with E-state index in [2.05, 4.69) is 15.2 Å². The van der Waals surface area contributed by atoms with Gasteiger partial charge in [0, 0.05) is 62.6 Å². The first kappa shape index (κ1) is 19.8. The number of aromatic nitrogens is 1. The molecule has 0 unspecified atom stereocenters. The highest BCUT2D eigenvalue weighted by molar-refractivity contribution is 5.83. The number of anilines is 1. The molecule has 162 valence electrons. The summed E-state index contributed by atoms with van der Waals surface area (Å²) in [6, 6.07) is 4.04. The minimum Gasteiger partial charge on any atom is -0.368 e. The Hall–Kier alpha value is -2.11. The molecule has 6 heteroatoms. The van der Waals surface area contributed by atoms with E-state index in [1.807, 2.05) is 29.4 Å². The minimum atomic E-state index is -0.0813. The van der Waals surface area contributed by atoms with Crippen molar-refractivity contribution in [3.63, 3.8) is 0 Å². The van der Waals surface area contributed by atoms with Gasteiger partial charge in [0.1, 0.15) is 0 Å². The van der Waals surface area contributed by atoms with Crippen molar-refractivity contribution in [2.24, 2.45) is 23.2 Å². The van der Waals surface area contributed by atoms with Gasteiger partial charge in [-0.3, -0.25) is 14.6 Å². The van der Waals surface area contributed by atoms with Crippen LogP contribution in [0.25, 0.3) is 0 Å². The van der Waals surface area contributed by atoms with Crippen molar-refractivity contribution in [2.75, 3.05) is 37.6 Å². The van der Waals surface area contributed by atoms with Crippen LogP contribution in [0.3, 0.4) is 0 Å². The Kier molecular flexibility index (Phi) is 5.42. The van der Waals surface area contributed by atoms with E-state index in [-0.39, 0.29) is 17.2 Å². The first-order valence-electron chi connectivity index (χ1n) is 11.8. The fourth-order valence-corrected chi connectivity index (χ4v) is 6.94. The zero-order valence-electron chi connectivity index (χ0n) is 17.9. The fourth-order valence-electron chi connectivity index (χ4n) is 6.94. The number of rotatable bonds is 6. The molecule has 0 aromatic carbocycles. The van der Waals surface area contributed by atoms with Gasteiger partial charge in [0.25, 0.3) is 0 Å². The van der Waals surface area contributed by atoms with E-state index in [1.165, 1.54) is 24.9 Å². The summed E-state index contributed by atoms with van der Waals surface area (Å²) in [7, 11) is 0. The number of hydrogen-bond donors (Lipinski definition) is 1. The Balaban J connectivity index is 1.03. The molecule has 4 bridgehead atoms. The van der Waals surface area contributed by atoms with Crippen LogP contribution < -0.4 is 10.2 Å². The highest BCUT2D eigenvalue weighted by Crippen LogP contribution is 2.60. The highest BCUT2D eigenvalue weighted by Gasteiger charge is 2.54. The van der Waals surface area contributed by atoms with Crippen molar-refractivity contribution < 1.29 is 9.59 Å². The van der Waals surface area contributed by atoms with Crippen LogP contribution in [-0.2, 0) is 9.59 Å². The third kappa shape index (κ3) is 3.93. The lowest BCUT2D eigenvalue weighted by Gasteiger charge is -2.55. The molecule has 1 N–H and O–H groups in total. The Morgan fingerprint density at radius 3 is 2.17 bits per heavy atom. The number of pyridine rings is 1. The van der Waals surface area contributed by atoms with Gasteiger partial charge in [0.2, 0.25) is 11.8 Å². The molecule has 0 spiro atoms. The molecule has 0 atom stereocenters. The second-order valence-corrected chi connectivity index (χ2v) is 10.1. The lowest BCUT2D eigenvalue weighted by molar-refractivity contribution is -0.146. The molecule has 5 aliphatic rings. The number of nitrogens with one attached hydrogen (secondary N) is 1. The average Bonchev–Trinajstić information content (AvgIpc) is 2.76. The molecular formula is C24H34N4O2. The smallest absolute Gasteiger partial charge is 0.226 e. The summed E-state index contributed by atoms with van der Waals surface area (Å²) in [6.45, 7) is 3.88. The van der Waals surface area contributed by atoms with E-state index in [1.54, 1.807) is 0 Å². The Morgan fingerprint density at radius 1 is 0.967 bits per heavy atom. The number of carbonyl (C=O) groups is 2. The molecule has 5 fully saturated rings. The third-order valence-electron chi connectivity index (χ3n) is 8.03. The number of hydrogen-bond acceptors (Lipinski definition) is 4. The van der Waals surface area contributed by atoms with Crippen LogP contribution in [0.1, 0.15) is 51.4 Å². The normalized spacial score (nSPS) is 32.3. The van der Waals surface area contributed by atoms with Crippen LogP contribution in [0.15, 0.2) is 24.5 Å². The van der Waals surface area contributed by atoms with Crippen molar-refractivity contribution in [3.05, 3.63) is 24.5 Å². The second-order valence-electron chi connectivity index (χ2n) is 10.1. The summed E-state index contributed by atoms with van der Waals surface area (Å²) in [4.78, 5) is 33.9. The molecule has 1 saturated heterocycles. The van der Waals surface area contributed by atoms with Gasteiger partial charge in [-0.25, -0.2) is 0 Å². The lowest BCUT2D eigenvalue weighted by Crippen LogP contribution is -2.53. The molecule has 1 aromatic rings. The van der Waals surface area contributed by atoms with E-state index in [9.17, 15) is 9.59 Å². The number of amides is 2. The van der Waals surface area contributed by atoms with Gasteiger partial charge in [-0.1, -0.05) is 0 Å². The quantitative estimate of drug-likeness (QED) is 0.733. The average molecular weight is 411 g/mol. The van der Waals surface area contributed by atoms with Crippen LogP contribution in [-0.4, -0.2) is 54.4 Å².